The first-order valence-corrected chi connectivity index (χ1v) is 7.27. The molecule has 1 heterocycles. The van der Waals surface area contributed by atoms with Gasteiger partial charge in [-0.1, -0.05) is 13.3 Å². The molecule has 0 unspecified atom stereocenters. The molecule has 1 aromatic heterocycles. The third-order valence-electron chi connectivity index (χ3n) is 4.33. The van der Waals surface area contributed by atoms with Gasteiger partial charge < -0.3 is 19.9 Å². The van der Waals surface area contributed by atoms with Crippen LogP contribution in [0, 0.1) is 5.92 Å². The number of carboxylic acids is 1. The molecule has 1 aliphatic rings. The van der Waals surface area contributed by atoms with Gasteiger partial charge in [-0.25, -0.2) is 4.79 Å². The van der Waals surface area contributed by atoms with Crippen LogP contribution in [0.5, 0.6) is 0 Å². The van der Waals surface area contributed by atoms with Crippen molar-refractivity contribution in [2.75, 3.05) is 6.54 Å². The van der Waals surface area contributed by atoms with Gasteiger partial charge in [0.2, 0.25) is 0 Å². The Balaban J connectivity index is 1.81. The van der Waals surface area contributed by atoms with Gasteiger partial charge in [0.25, 0.3) is 0 Å². The summed E-state index contributed by atoms with van der Waals surface area (Å²) in [5, 5.41) is 22.6. The summed E-state index contributed by atoms with van der Waals surface area (Å²) in [4.78, 5) is 10.9. The van der Waals surface area contributed by atoms with Crippen LogP contribution in [0.15, 0.2) is 16.7 Å². The van der Waals surface area contributed by atoms with Crippen LogP contribution in [0.4, 0.5) is 0 Å². The molecule has 0 saturated heterocycles. The highest BCUT2D eigenvalue weighted by Crippen LogP contribution is 2.33. The predicted molar refractivity (Wildman–Crippen MR) is 74.6 cm³/mol. The molecular formula is C15H23NO4. The molecule has 20 heavy (non-hydrogen) atoms. The number of furan rings is 1. The molecule has 5 heteroatoms. The number of aromatic carboxylic acids is 1. The average Bonchev–Trinajstić information content (AvgIpc) is 2.88. The summed E-state index contributed by atoms with van der Waals surface area (Å²) in [6, 6.07) is 1.44. The molecule has 0 aromatic carbocycles. The van der Waals surface area contributed by atoms with E-state index in [0.29, 0.717) is 18.8 Å². The number of carboxylic acid groups (broad SMARTS) is 1. The SMILES string of the molecule is CCC1CCC(O)(CNCc2occc2C(=O)O)CC1. The van der Waals surface area contributed by atoms with E-state index in [2.05, 4.69) is 12.2 Å². The van der Waals surface area contributed by atoms with E-state index >= 15 is 0 Å². The number of hydrogen-bond acceptors (Lipinski definition) is 4. The summed E-state index contributed by atoms with van der Waals surface area (Å²) >= 11 is 0. The molecule has 5 nitrogen and oxygen atoms in total. The van der Waals surface area contributed by atoms with Crippen LogP contribution in [0.3, 0.4) is 0 Å². The van der Waals surface area contributed by atoms with E-state index in [4.69, 9.17) is 9.52 Å². The monoisotopic (exact) mass is 281 g/mol. The van der Waals surface area contributed by atoms with Crippen LogP contribution in [0.25, 0.3) is 0 Å². The average molecular weight is 281 g/mol. The van der Waals surface area contributed by atoms with Crippen LogP contribution in [0.2, 0.25) is 0 Å². The molecule has 3 N–H and O–H groups in total. The molecule has 0 bridgehead atoms. The normalized spacial score (nSPS) is 26.6. The smallest absolute Gasteiger partial charge is 0.339 e. The van der Waals surface area contributed by atoms with Gasteiger partial charge in [-0.15, -0.1) is 0 Å². The number of rotatable bonds is 6. The molecule has 112 valence electrons. The highest BCUT2D eigenvalue weighted by molar-refractivity contribution is 5.88. The van der Waals surface area contributed by atoms with Crippen molar-refractivity contribution in [3.05, 3.63) is 23.7 Å². The Morgan fingerprint density at radius 2 is 2.20 bits per heavy atom. The van der Waals surface area contributed by atoms with Crippen LogP contribution >= 0.6 is 0 Å². The summed E-state index contributed by atoms with van der Waals surface area (Å²) in [7, 11) is 0. The molecule has 0 spiro atoms. The summed E-state index contributed by atoms with van der Waals surface area (Å²) in [6.07, 6.45) is 6.30. The van der Waals surface area contributed by atoms with Crippen molar-refractivity contribution in [3.63, 3.8) is 0 Å². The van der Waals surface area contributed by atoms with E-state index in [-0.39, 0.29) is 5.56 Å². The lowest BCUT2D eigenvalue weighted by molar-refractivity contribution is -0.00907. The first-order valence-electron chi connectivity index (χ1n) is 7.27. The second kappa shape index (κ2) is 6.41. The van der Waals surface area contributed by atoms with E-state index in [1.54, 1.807) is 0 Å². The number of carbonyl (C=O) groups is 1. The third kappa shape index (κ3) is 3.61. The quantitative estimate of drug-likeness (QED) is 0.746. The zero-order valence-corrected chi connectivity index (χ0v) is 11.9. The summed E-state index contributed by atoms with van der Waals surface area (Å²) in [6.45, 7) is 3.00. The minimum atomic E-state index is -0.988. The molecular weight excluding hydrogens is 258 g/mol. The van der Waals surface area contributed by atoms with Crippen molar-refractivity contribution in [2.24, 2.45) is 5.92 Å². The van der Waals surface area contributed by atoms with E-state index in [1.165, 1.54) is 18.8 Å². The Labute approximate surface area is 119 Å². The number of hydrogen-bond donors (Lipinski definition) is 3. The Morgan fingerprint density at radius 1 is 1.50 bits per heavy atom. The molecule has 0 atom stereocenters. The maximum absolute atomic E-state index is 10.9. The Morgan fingerprint density at radius 3 is 2.80 bits per heavy atom. The predicted octanol–water partition coefficient (Wildman–Crippen LogP) is 2.40. The van der Waals surface area contributed by atoms with Gasteiger partial charge in [0, 0.05) is 6.54 Å². The molecule has 1 aromatic rings. The lowest BCUT2D eigenvalue weighted by Gasteiger charge is -2.36. The fourth-order valence-electron chi connectivity index (χ4n) is 2.88. The Hall–Kier alpha value is -1.33. The zero-order chi connectivity index (χ0) is 14.6. The van der Waals surface area contributed by atoms with Crippen molar-refractivity contribution >= 4 is 5.97 Å². The largest absolute Gasteiger partial charge is 0.478 e. The standard InChI is InChI=1S/C15H23NO4/c1-2-11-3-6-15(19,7-4-11)10-16-9-13-12(14(17)18)5-8-20-13/h5,8,11,16,19H,2-4,6-7,9-10H2,1H3,(H,17,18). The second-order valence-electron chi connectivity index (χ2n) is 5.74. The molecule has 1 aliphatic carbocycles. The first-order chi connectivity index (χ1) is 9.54. The minimum absolute atomic E-state index is 0.180. The van der Waals surface area contributed by atoms with E-state index in [9.17, 15) is 9.90 Å². The fourth-order valence-corrected chi connectivity index (χ4v) is 2.88. The van der Waals surface area contributed by atoms with Crippen LogP contribution in [-0.2, 0) is 6.54 Å². The number of aliphatic hydroxyl groups is 1. The van der Waals surface area contributed by atoms with E-state index in [1.807, 2.05) is 0 Å². The van der Waals surface area contributed by atoms with Gasteiger partial charge in [-0.3, -0.25) is 0 Å². The highest BCUT2D eigenvalue weighted by Gasteiger charge is 2.32. The minimum Gasteiger partial charge on any atom is -0.478 e. The maximum atomic E-state index is 10.9. The van der Waals surface area contributed by atoms with Crippen LogP contribution < -0.4 is 5.32 Å². The summed E-state index contributed by atoms with van der Waals surface area (Å²) < 4.78 is 5.16. The van der Waals surface area contributed by atoms with Crippen molar-refractivity contribution in [2.45, 2.75) is 51.2 Å². The van der Waals surface area contributed by atoms with Gasteiger partial charge in [0.1, 0.15) is 11.3 Å². The van der Waals surface area contributed by atoms with Gasteiger partial charge in [-0.2, -0.15) is 0 Å². The van der Waals surface area contributed by atoms with E-state index in [0.717, 1.165) is 31.6 Å². The van der Waals surface area contributed by atoms with Crippen molar-refractivity contribution < 1.29 is 19.4 Å². The van der Waals surface area contributed by atoms with Crippen LogP contribution in [-0.4, -0.2) is 28.3 Å². The third-order valence-corrected chi connectivity index (χ3v) is 4.33. The summed E-state index contributed by atoms with van der Waals surface area (Å²) in [5.74, 6) is 0.153. The molecule has 1 fully saturated rings. The Kier molecular flexibility index (Phi) is 4.83. The van der Waals surface area contributed by atoms with Gasteiger partial charge >= 0.3 is 5.97 Å². The molecule has 1 saturated carbocycles. The van der Waals surface area contributed by atoms with Crippen molar-refractivity contribution in [1.29, 1.82) is 0 Å². The molecule has 0 amide bonds. The lowest BCUT2D eigenvalue weighted by atomic mass is 9.78. The van der Waals surface area contributed by atoms with Gasteiger partial charge in [0.15, 0.2) is 0 Å². The Bertz CT molecular complexity index is 446. The van der Waals surface area contributed by atoms with Gasteiger partial charge in [-0.05, 0) is 37.7 Å². The first kappa shape index (κ1) is 15.1. The molecule has 0 radical (unpaired) electrons. The van der Waals surface area contributed by atoms with Gasteiger partial charge in [0.05, 0.1) is 18.4 Å². The van der Waals surface area contributed by atoms with E-state index < -0.39 is 11.6 Å². The zero-order valence-electron chi connectivity index (χ0n) is 11.9. The fraction of sp³-hybridized carbons (Fsp3) is 0.667. The maximum Gasteiger partial charge on any atom is 0.339 e. The highest BCUT2D eigenvalue weighted by atomic mass is 16.4. The molecule has 0 aliphatic heterocycles. The van der Waals surface area contributed by atoms with Crippen molar-refractivity contribution in [1.82, 2.24) is 5.32 Å². The second-order valence-corrected chi connectivity index (χ2v) is 5.74. The lowest BCUT2D eigenvalue weighted by Crippen LogP contribution is -2.43. The summed E-state index contributed by atoms with van der Waals surface area (Å²) in [5.41, 5.74) is -0.485. The topological polar surface area (TPSA) is 82.7 Å². The van der Waals surface area contributed by atoms with Crippen LogP contribution in [0.1, 0.15) is 55.1 Å². The number of nitrogens with one attached hydrogen (secondary N) is 1. The molecule has 2 rings (SSSR count). The van der Waals surface area contributed by atoms with Crippen molar-refractivity contribution in [3.8, 4) is 0 Å².